The molecule has 0 spiro atoms. The minimum atomic E-state index is 0.000000000000000444. The van der Waals surface area contributed by atoms with Gasteiger partial charge < -0.3 is 4.42 Å². The van der Waals surface area contributed by atoms with E-state index in [0.29, 0.717) is 0 Å². The van der Waals surface area contributed by atoms with Crippen LogP contribution in [0.3, 0.4) is 0 Å². The van der Waals surface area contributed by atoms with E-state index in [0.717, 1.165) is 0 Å². The second-order valence-electron chi connectivity index (χ2n) is 1.02. The average Bonchev–Trinajstić information content (AvgIpc) is 2.14. The first kappa shape index (κ1) is 4.21. The van der Waals surface area contributed by atoms with Gasteiger partial charge in [-0.15, -0.1) is 0 Å². The molecule has 7 heavy (non-hydrogen) atoms. The summed E-state index contributed by atoms with van der Waals surface area (Å²) in [6.07, 6.45) is 1.37. The Hall–Kier alpha value is -0.960. The van der Waals surface area contributed by atoms with Crippen molar-refractivity contribution in [2.24, 2.45) is 0 Å². The van der Waals surface area contributed by atoms with Crippen LogP contribution in [-0.2, 0) is 5.26 Å². The van der Waals surface area contributed by atoms with Gasteiger partial charge in [0.25, 0.3) is 0 Å². The van der Waals surface area contributed by atoms with Crippen LogP contribution in [0.5, 0.6) is 5.95 Å². The van der Waals surface area contributed by atoms with Crippen molar-refractivity contribution in [2.45, 2.75) is 0 Å². The van der Waals surface area contributed by atoms with Crippen molar-refractivity contribution in [3.63, 3.8) is 0 Å². The molecular formula is C4H3O3. The first-order chi connectivity index (χ1) is 3.43. The van der Waals surface area contributed by atoms with Gasteiger partial charge in [0.1, 0.15) is 0 Å². The summed E-state index contributed by atoms with van der Waals surface area (Å²) in [6.45, 7) is 0. The predicted molar refractivity (Wildman–Crippen MR) is 20.0 cm³/mol. The van der Waals surface area contributed by atoms with Crippen molar-refractivity contribution >= 4 is 0 Å². The van der Waals surface area contributed by atoms with Crippen molar-refractivity contribution in [3.05, 3.63) is 18.4 Å². The lowest BCUT2D eigenvalue weighted by Crippen LogP contribution is -1.73. The van der Waals surface area contributed by atoms with Gasteiger partial charge in [-0.3, -0.25) is 4.89 Å². The zero-order valence-electron chi connectivity index (χ0n) is 3.46. The Bertz CT molecular complexity index is 121. The lowest BCUT2D eigenvalue weighted by atomic mass is 10.7. The highest BCUT2D eigenvalue weighted by molar-refractivity contribution is 5.02. The van der Waals surface area contributed by atoms with E-state index in [1.54, 1.807) is 6.07 Å². The zero-order valence-corrected chi connectivity index (χ0v) is 3.46. The predicted octanol–water partition coefficient (Wildman–Crippen LogP) is 1.00. The molecule has 1 rings (SSSR count). The highest BCUT2D eigenvalue weighted by Gasteiger charge is 1.89. The molecule has 0 saturated heterocycles. The minimum absolute atomic E-state index is 0.000000000000000444. The molecule has 37 valence electrons. The molecule has 0 aliphatic rings. The standard InChI is InChI=1S/C4H3O3/c5-7-4-2-1-3-6-4/h1-3H. The highest BCUT2D eigenvalue weighted by atomic mass is 17.1. The van der Waals surface area contributed by atoms with E-state index in [9.17, 15) is 5.26 Å². The van der Waals surface area contributed by atoms with Gasteiger partial charge in [0, 0.05) is 11.3 Å². The van der Waals surface area contributed by atoms with Gasteiger partial charge in [0.05, 0.1) is 6.26 Å². The van der Waals surface area contributed by atoms with Crippen molar-refractivity contribution in [3.8, 4) is 5.95 Å². The van der Waals surface area contributed by atoms with Crippen molar-refractivity contribution in [2.75, 3.05) is 0 Å². The maximum Gasteiger partial charge on any atom is 0.325 e. The fourth-order valence-electron chi connectivity index (χ4n) is 0.311. The van der Waals surface area contributed by atoms with Gasteiger partial charge in [0.2, 0.25) is 0 Å². The van der Waals surface area contributed by atoms with Gasteiger partial charge in [-0.05, 0) is 6.07 Å². The summed E-state index contributed by atoms with van der Waals surface area (Å²) in [5.74, 6) is 0.000000000000000444. The third-order valence-corrected chi connectivity index (χ3v) is 0.577. The van der Waals surface area contributed by atoms with Crippen LogP contribution in [0.4, 0.5) is 0 Å². The van der Waals surface area contributed by atoms with Gasteiger partial charge in [-0.1, -0.05) is 0 Å². The monoisotopic (exact) mass is 99.0 g/mol. The molecule has 3 heteroatoms. The third kappa shape index (κ3) is 0.721. The SMILES string of the molecule is [O]Oc1ccco1. The summed E-state index contributed by atoms with van der Waals surface area (Å²) >= 11 is 0. The minimum Gasteiger partial charge on any atom is -0.432 e. The summed E-state index contributed by atoms with van der Waals surface area (Å²) in [4.78, 5) is 3.44. The van der Waals surface area contributed by atoms with E-state index < -0.39 is 0 Å². The van der Waals surface area contributed by atoms with Crippen LogP contribution in [0.2, 0.25) is 0 Å². The van der Waals surface area contributed by atoms with Crippen molar-refractivity contribution in [1.82, 2.24) is 0 Å². The Morgan fingerprint density at radius 3 is 2.86 bits per heavy atom. The summed E-state index contributed by atoms with van der Waals surface area (Å²) < 4.78 is 4.45. The Labute approximate surface area is 40.1 Å². The molecule has 1 aromatic rings. The van der Waals surface area contributed by atoms with Crippen molar-refractivity contribution in [1.29, 1.82) is 0 Å². The van der Waals surface area contributed by atoms with Crippen LogP contribution >= 0.6 is 0 Å². The van der Waals surface area contributed by atoms with E-state index in [2.05, 4.69) is 9.30 Å². The van der Waals surface area contributed by atoms with E-state index in [1.807, 2.05) is 0 Å². The maximum absolute atomic E-state index is 9.40. The Morgan fingerprint density at radius 1 is 1.71 bits per heavy atom. The first-order valence-electron chi connectivity index (χ1n) is 1.77. The molecule has 0 aliphatic carbocycles. The van der Waals surface area contributed by atoms with Gasteiger partial charge >= 0.3 is 5.95 Å². The smallest absolute Gasteiger partial charge is 0.325 e. The molecule has 1 heterocycles. The second kappa shape index (κ2) is 1.66. The van der Waals surface area contributed by atoms with E-state index >= 15 is 0 Å². The average molecular weight is 99.1 g/mol. The normalized spacial score (nSPS) is 8.71. The molecule has 0 amide bonds. The maximum atomic E-state index is 9.40. The van der Waals surface area contributed by atoms with Crippen LogP contribution in [0.1, 0.15) is 0 Å². The topological polar surface area (TPSA) is 42.3 Å². The Kier molecular flexibility index (Phi) is 0.997. The molecular weight excluding hydrogens is 96.0 g/mol. The summed E-state index contributed by atoms with van der Waals surface area (Å²) in [7, 11) is 0. The largest absolute Gasteiger partial charge is 0.432 e. The summed E-state index contributed by atoms with van der Waals surface area (Å²) in [5, 5.41) is 9.40. The van der Waals surface area contributed by atoms with Crippen LogP contribution in [0, 0.1) is 0 Å². The first-order valence-corrected chi connectivity index (χ1v) is 1.77. The number of hydrogen-bond donors (Lipinski definition) is 0. The quantitative estimate of drug-likeness (QED) is 0.389. The number of hydrogen-bond acceptors (Lipinski definition) is 2. The van der Waals surface area contributed by atoms with E-state index in [4.69, 9.17) is 0 Å². The summed E-state index contributed by atoms with van der Waals surface area (Å²) in [5.41, 5.74) is 0. The van der Waals surface area contributed by atoms with Gasteiger partial charge in [-0.25, -0.2) is 0 Å². The molecule has 0 fully saturated rings. The molecule has 0 aromatic carbocycles. The molecule has 0 unspecified atom stereocenters. The summed E-state index contributed by atoms with van der Waals surface area (Å²) in [6, 6.07) is 3.01. The zero-order chi connectivity index (χ0) is 5.11. The van der Waals surface area contributed by atoms with Crippen molar-refractivity contribution < 1.29 is 14.6 Å². The molecule has 0 atom stereocenters. The molecule has 3 nitrogen and oxygen atoms in total. The van der Waals surface area contributed by atoms with Crippen LogP contribution in [0.25, 0.3) is 0 Å². The molecule has 0 bridgehead atoms. The van der Waals surface area contributed by atoms with Crippen LogP contribution in [-0.4, -0.2) is 0 Å². The fraction of sp³-hybridized carbons (Fsp3) is 0. The van der Waals surface area contributed by atoms with Gasteiger partial charge in [0.15, 0.2) is 0 Å². The molecule has 0 saturated carbocycles. The lowest BCUT2D eigenvalue weighted by Gasteiger charge is -1.77. The highest BCUT2D eigenvalue weighted by Crippen LogP contribution is 2.07. The van der Waals surface area contributed by atoms with E-state index in [1.165, 1.54) is 12.3 Å². The molecule has 1 aromatic heterocycles. The molecule has 0 N–H and O–H groups in total. The Morgan fingerprint density at radius 2 is 2.57 bits per heavy atom. The Balaban J connectivity index is 2.76. The fourth-order valence-corrected chi connectivity index (χ4v) is 0.311. The molecule has 0 aliphatic heterocycles. The number of rotatable bonds is 1. The third-order valence-electron chi connectivity index (χ3n) is 0.577. The van der Waals surface area contributed by atoms with Crippen LogP contribution in [0.15, 0.2) is 22.8 Å². The van der Waals surface area contributed by atoms with Gasteiger partial charge in [-0.2, -0.15) is 0 Å². The second-order valence-corrected chi connectivity index (χ2v) is 1.02. The molecule has 1 radical (unpaired) electrons. The van der Waals surface area contributed by atoms with E-state index in [-0.39, 0.29) is 5.95 Å². The number of furan rings is 1. The van der Waals surface area contributed by atoms with Crippen LogP contribution < -0.4 is 4.89 Å². The lowest BCUT2D eigenvalue weighted by molar-refractivity contribution is -0.222.